The number of nitrogens with zero attached hydrogens (tertiary/aromatic N) is 2. The highest BCUT2D eigenvalue weighted by Crippen LogP contribution is 2.45. The predicted octanol–water partition coefficient (Wildman–Crippen LogP) is 3.95. The summed E-state index contributed by atoms with van der Waals surface area (Å²) in [7, 11) is 0. The van der Waals surface area contributed by atoms with Gasteiger partial charge in [0.2, 0.25) is 5.91 Å². The van der Waals surface area contributed by atoms with Gasteiger partial charge in [-0.3, -0.25) is 4.79 Å². The van der Waals surface area contributed by atoms with Crippen LogP contribution in [0, 0.1) is 37.0 Å². The van der Waals surface area contributed by atoms with Crippen molar-refractivity contribution in [3.8, 4) is 6.07 Å². The van der Waals surface area contributed by atoms with Gasteiger partial charge in [0, 0.05) is 25.4 Å². The maximum Gasteiger partial charge on any atom is 0.223 e. The van der Waals surface area contributed by atoms with Crippen LogP contribution in [0.1, 0.15) is 54.7 Å². The summed E-state index contributed by atoms with van der Waals surface area (Å²) in [5, 5.41) is 8.99. The van der Waals surface area contributed by atoms with Crippen LogP contribution >= 0.6 is 0 Å². The number of hydrogen-bond acceptors (Lipinski definition) is 2. The van der Waals surface area contributed by atoms with Gasteiger partial charge in [0.1, 0.15) is 0 Å². The van der Waals surface area contributed by atoms with Gasteiger partial charge in [0.05, 0.1) is 6.07 Å². The molecule has 3 heteroatoms. The first-order chi connectivity index (χ1) is 11.1. The fraction of sp³-hybridized carbons (Fsp3) is 0.600. The zero-order valence-electron chi connectivity index (χ0n) is 14.2. The molecule has 1 atom stereocenters. The number of benzene rings is 1. The van der Waals surface area contributed by atoms with Crippen molar-refractivity contribution in [3.63, 3.8) is 0 Å². The molecule has 1 aromatic rings. The zero-order valence-corrected chi connectivity index (χ0v) is 14.2. The molecule has 0 N–H and O–H groups in total. The highest BCUT2D eigenvalue weighted by Gasteiger charge is 2.35. The molecule has 1 saturated carbocycles. The summed E-state index contributed by atoms with van der Waals surface area (Å²) in [6.07, 6.45) is 4.80. The molecular formula is C20H26N2O. The van der Waals surface area contributed by atoms with Gasteiger partial charge in [0.25, 0.3) is 0 Å². The molecule has 0 spiro atoms. The van der Waals surface area contributed by atoms with E-state index >= 15 is 0 Å². The van der Waals surface area contributed by atoms with Gasteiger partial charge in [-0.25, -0.2) is 0 Å². The number of piperidine rings is 1. The van der Waals surface area contributed by atoms with Crippen LogP contribution in [0.3, 0.4) is 0 Å². The van der Waals surface area contributed by atoms with Crippen LogP contribution in [0.2, 0.25) is 0 Å². The molecule has 1 aliphatic heterocycles. The zero-order chi connectivity index (χ0) is 16.4. The van der Waals surface area contributed by atoms with Crippen molar-refractivity contribution < 1.29 is 4.79 Å². The summed E-state index contributed by atoms with van der Waals surface area (Å²) in [6, 6.07) is 9.00. The van der Waals surface area contributed by atoms with Crippen LogP contribution in [0.4, 0.5) is 0 Å². The average molecular weight is 310 g/mol. The molecule has 1 amide bonds. The Hall–Kier alpha value is -1.82. The number of likely N-dealkylation sites (tertiary alicyclic amines) is 1. The third kappa shape index (κ3) is 3.75. The number of carbonyl (C=O) groups excluding carboxylic acids is 1. The topological polar surface area (TPSA) is 44.1 Å². The molecule has 122 valence electrons. The molecule has 1 unspecified atom stereocenters. The Labute approximate surface area is 139 Å². The summed E-state index contributed by atoms with van der Waals surface area (Å²) >= 11 is 0. The molecule has 1 saturated heterocycles. The lowest BCUT2D eigenvalue weighted by Gasteiger charge is -2.30. The van der Waals surface area contributed by atoms with Crippen LogP contribution in [0.25, 0.3) is 0 Å². The lowest BCUT2D eigenvalue weighted by molar-refractivity contribution is -0.132. The highest BCUT2D eigenvalue weighted by molar-refractivity contribution is 5.77. The van der Waals surface area contributed by atoms with Crippen molar-refractivity contribution in [2.24, 2.45) is 11.8 Å². The predicted molar refractivity (Wildman–Crippen MR) is 90.9 cm³/mol. The monoisotopic (exact) mass is 310 g/mol. The summed E-state index contributed by atoms with van der Waals surface area (Å²) in [5.41, 5.74) is 3.96. The van der Waals surface area contributed by atoms with Crippen LogP contribution in [0.5, 0.6) is 0 Å². The van der Waals surface area contributed by atoms with E-state index in [0.717, 1.165) is 25.9 Å². The first-order valence-corrected chi connectivity index (χ1v) is 8.83. The van der Waals surface area contributed by atoms with E-state index in [1.54, 1.807) is 0 Å². The highest BCUT2D eigenvalue weighted by atomic mass is 16.2. The van der Waals surface area contributed by atoms with Gasteiger partial charge >= 0.3 is 0 Å². The number of aryl methyl sites for hydroxylation is 2. The second kappa shape index (κ2) is 6.74. The summed E-state index contributed by atoms with van der Waals surface area (Å²) in [5.74, 6) is 1.46. The quantitative estimate of drug-likeness (QED) is 0.845. The Bertz CT molecular complexity index is 619. The number of amides is 1. The first-order valence-electron chi connectivity index (χ1n) is 8.83. The largest absolute Gasteiger partial charge is 0.343 e. The van der Waals surface area contributed by atoms with Crippen LogP contribution in [-0.2, 0) is 4.79 Å². The minimum atomic E-state index is 0.137. The summed E-state index contributed by atoms with van der Waals surface area (Å²) in [4.78, 5) is 14.7. The molecule has 23 heavy (non-hydrogen) atoms. The first kappa shape index (κ1) is 16.1. The fourth-order valence-corrected chi connectivity index (χ4v) is 3.63. The normalized spacial score (nSPS) is 20.1. The second-order valence-electron chi connectivity index (χ2n) is 7.28. The fourth-order valence-electron chi connectivity index (χ4n) is 3.63. The van der Waals surface area contributed by atoms with Crippen molar-refractivity contribution in [3.05, 3.63) is 34.9 Å². The van der Waals surface area contributed by atoms with E-state index in [1.165, 1.54) is 29.5 Å². The second-order valence-corrected chi connectivity index (χ2v) is 7.28. The number of rotatable bonds is 4. The Morgan fingerprint density at radius 2 is 1.91 bits per heavy atom. The SMILES string of the molecule is Cc1ccc(C(CC(=O)N2CCC(C#N)CC2)C2CC2)cc1C. The van der Waals surface area contributed by atoms with E-state index in [1.807, 2.05) is 4.90 Å². The standard InChI is InChI=1S/C20H26N2O/c1-14-3-4-18(11-15(14)2)19(17-5-6-17)12-20(23)22-9-7-16(13-21)8-10-22/h3-4,11,16-17,19H,5-10,12H2,1-2H3. The lowest BCUT2D eigenvalue weighted by Crippen LogP contribution is -2.38. The van der Waals surface area contributed by atoms with E-state index < -0.39 is 0 Å². The molecule has 2 aliphatic rings. The van der Waals surface area contributed by atoms with Crippen molar-refractivity contribution in [2.75, 3.05) is 13.1 Å². The van der Waals surface area contributed by atoms with Crippen LogP contribution in [-0.4, -0.2) is 23.9 Å². The van der Waals surface area contributed by atoms with E-state index in [2.05, 4.69) is 38.1 Å². The minimum Gasteiger partial charge on any atom is -0.343 e. The molecule has 0 radical (unpaired) electrons. The van der Waals surface area contributed by atoms with Gasteiger partial charge in [0.15, 0.2) is 0 Å². The average Bonchev–Trinajstić information content (AvgIpc) is 3.40. The maximum atomic E-state index is 12.7. The molecule has 2 fully saturated rings. The molecule has 3 rings (SSSR count). The van der Waals surface area contributed by atoms with Gasteiger partial charge in [-0.2, -0.15) is 5.26 Å². The van der Waals surface area contributed by atoms with E-state index in [9.17, 15) is 4.79 Å². The van der Waals surface area contributed by atoms with Crippen molar-refractivity contribution in [1.82, 2.24) is 4.90 Å². The molecule has 0 bridgehead atoms. The molecule has 1 heterocycles. The van der Waals surface area contributed by atoms with Crippen LogP contribution < -0.4 is 0 Å². The summed E-state index contributed by atoms with van der Waals surface area (Å²) in [6.45, 7) is 5.79. The lowest BCUT2D eigenvalue weighted by atomic mass is 9.88. The summed E-state index contributed by atoms with van der Waals surface area (Å²) < 4.78 is 0. The third-order valence-corrected chi connectivity index (χ3v) is 5.57. The molecule has 1 aromatic carbocycles. The van der Waals surface area contributed by atoms with Gasteiger partial charge in [-0.1, -0.05) is 18.2 Å². The van der Waals surface area contributed by atoms with Gasteiger partial charge in [-0.15, -0.1) is 0 Å². The Kier molecular flexibility index (Phi) is 4.71. The Morgan fingerprint density at radius 1 is 1.22 bits per heavy atom. The Morgan fingerprint density at radius 3 is 2.48 bits per heavy atom. The van der Waals surface area contributed by atoms with Crippen LogP contribution in [0.15, 0.2) is 18.2 Å². The number of nitriles is 1. The smallest absolute Gasteiger partial charge is 0.223 e. The van der Waals surface area contributed by atoms with Crippen molar-refractivity contribution >= 4 is 5.91 Å². The number of hydrogen-bond donors (Lipinski definition) is 0. The molecule has 3 nitrogen and oxygen atoms in total. The third-order valence-electron chi connectivity index (χ3n) is 5.57. The van der Waals surface area contributed by atoms with Gasteiger partial charge in [-0.05, 0) is 68.1 Å². The molecular weight excluding hydrogens is 284 g/mol. The van der Waals surface area contributed by atoms with E-state index in [-0.39, 0.29) is 11.8 Å². The number of carbonyl (C=O) groups is 1. The molecule has 0 aromatic heterocycles. The molecule has 1 aliphatic carbocycles. The Balaban J connectivity index is 1.67. The minimum absolute atomic E-state index is 0.137. The van der Waals surface area contributed by atoms with E-state index in [0.29, 0.717) is 18.3 Å². The maximum absolute atomic E-state index is 12.7. The van der Waals surface area contributed by atoms with E-state index in [4.69, 9.17) is 5.26 Å². The van der Waals surface area contributed by atoms with Crippen molar-refractivity contribution in [2.45, 2.75) is 51.9 Å². The van der Waals surface area contributed by atoms with Gasteiger partial charge < -0.3 is 4.90 Å². The van der Waals surface area contributed by atoms with Crippen molar-refractivity contribution in [1.29, 1.82) is 5.26 Å².